The van der Waals surface area contributed by atoms with Gasteiger partial charge in [-0.1, -0.05) is 42.0 Å². The van der Waals surface area contributed by atoms with Gasteiger partial charge in [0.1, 0.15) is 11.7 Å². The number of benzene rings is 3. The van der Waals surface area contributed by atoms with Crippen LogP contribution in [0.4, 0.5) is 11.4 Å². The van der Waals surface area contributed by atoms with Crippen molar-refractivity contribution in [3.63, 3.8) is 0 Å². The first-order valence-electron chi connectivity index (χ1n) is 12.3. The number of ether oxygens (including phenoxy) is 3. The summed E-state index contributed by atoms with van der Waals surface area (Å²) >= 11 is 5.88. The van der Waals surface area contributed by atoms with E-state index in [1.54, 1.807) is 7.11 Å². The summed E-state index contributed by atoms with van der Waals surface area (Å²) in [7, 11) is 1.61. The van der Waals surface area contributed by atoms with E-state index < -0.39 is 17.7 Å². The van der Waals surface area contributed by atoms with Gasteiger partial charge in [0.25, 0.3) is 0 Å². The smallest absolute Gasteiger partial charge is 0.236 e. The number of nitrogens with one attached hydrogen (secondary N) is 2. The van der Waals surface area contributed by atoms with Crippen LogP contribution in [0.25, 0.3) is 0 Å². The van der Waals surface area contributed by atoms with Gasteiger partial charge in [-0.3, -0.25) is 9.69 Å². The van der Waals surface area contributed by atoms with E-state index in [1.165, 1.54) is 0 Å². The number of carbonyl (C=O) groups is 1. The number of thiocarbonyl (C=S) groups is 1. The third-order valence-corrected chi connectivity index (χ3v) is 7.34. The van der Waals surface area contributed by atoms with Crippen LogP contribution in [0.2, 0.25) is 0 Å². The minimum absolute atomic E-state index is 0.179. The molecule has 7 nitrogen and oxygen atoms in total. The number of aryl methyl sites for hydroxylation is 2. The minimum Gasteiger partial charge on any atom is -0.495 e. The molecule has 2 aliphatic heterocycles. The van der Waals surface area contributed by atoms with Crippen molar-refractivity contribution in [3.8, 4) is 17.2 Å². The van der Waals surface area contributed by atoms with Crippen LogP contribution in [-0.2, 0) is 4.79 Å². The topological polar surface area (TPSA) is 72.1 Å². The predicted octanol–water partition coefficient (Wildman–Crippen LogP) is 5.51. The lowest BCUT2D eigenvalue weighted by atomic mass is 9.78. The van der Waals surface area contributed by atoms with Crippen LogP contribution >= 0.6 is 12.2 Å². The molecule has 1 amide bonds. The summed E-state index contributed by atoms with van der Waals surface area (Å²) in [4.78, 5) is 16.0. The SMILES string of the molecule is CCOc1cccc2c1O[C@@]1(C)[C@@H](C(=O)Nc3ccc(C)cc3C)[C@@H]2NC(=S)N1c1ccccc1OC. The zero-order valence-electron chi connectivity index (χ0n) is 21.6. The van der Waals surface area contributed by atoms with Gasteiger partial charge in [-0.05, 0) is 69.7 Å². The highest BCUT2D eigenvalue weighted by Gasteiger charge is 2.60. The molecule has 0 saturated carbocycles. The molecule has 192 valence electrons. The summed E-state index contributed by atoms with van der Waals surface area (Å²) in [5.41, 5.74) is 3.22. The van der Waals surface area contributed by atoms with E-state index in [1.807, 2.05) is 93.3 Å². The van der Waals surface area contributed by atoms with E-state index in [4.69, 9.17) is 26.4 Å². The molecule has 0 spiro atoms. The average Bonchev–Trinajstić information content (AvgIpc) is 2.86. The lowest BCUT2D eigenvalue weighted by Crippen LogP contribution is -2.72. The highest BCUT2D eigenvalue weighted by atomic mass is 32.1. The average molecular weight is 518 g/mol. The monoisotopic (exact) mass is 517 g/mol. The minimum atomic E-state index is -1.19. The van der Waals surface area contributed by atoms with Crippen LogP contribution in [-0.4, -0.2) is 30.5 Å². The van der Waals surface area contributed by atoms with Gasteiger partial charge in [0.2, 0.25) is 5.91 Å². The van der Waals surface area contributed by atoms with Crippen molar-refractivity contribution in [2.24, 2.45) is 5.92 Å². The number of anilines is 2. The Kier molecular flexibility index (Phi) is 6.45. The molecule has 0 aromatic heterocycles. The van der Waals surface area contributed by atoms with Crippen LogP contribution in [0.5, 0.6) is 17.2 Å². The number of rotatable bonds is 6. The fourth-order valence-electron chi connectivity index (χ4n) is 5.38. The van der Waals surface area contributed by atoms with E-state index in [0.29, 0.717) is 34.7 Å². The number of carbonyl (C=O) groups excluding carboxylic acids is 1. The first-order valence-corrected chi connectivity index (χ1v) is 12.8. The molecular weight excluding hydrogens is 486 g/mol. The zero-order valence-corrected chi connectivity index (χ0v) is 22.4. The third-order valence-electron chi connectivity index (χ3n) is 7.04. The second kappa shape index (κ2) is 9.59. The maximum atomic E-state index is 14.1. The normalized spacial score (nSPS) is 21.9. The van der Waals surface area contributed by atoms with Gasteiger partial charge in [-0.15, -0.1) is 0 Å². The van der Waals surface area contributed by atoms with Crippen LogP contribution in [0.1, 0.15) is 36.6 Å². The van der Waals surface area contributed by atoms with Gasteiger partial charge in [0.15, 0.2) is 22.3 Å². The molecule has 2 heterocycles. The molecule has 0 unspecified atom stereocenters. The fourth-order valence-corrected chi connectivity index (χ4v) is 5.79. The summed E-state index contributed by atoms with van der Waals surface area (Å²) in [6.45, 7) is 8.33. The van der Waals surface area contributed by atoms with E-state index in [2.05, 4.69) is 10.6 Å². The van der Waals surface area contributed by atoms with Crippen molar-refractivity contribution < 1.29 is 19.0 Å². The molecule has 2 bridgehead atoms. The number of methoxy groups -OCH3 is 1. The number of amides is 1. The summed E-state index contributed by atoms with van der Waals surface area (Å²) in [5.74, 6) is 0.990. The molecule has 8 heteroatoms. The molecule has 1 fully saturated rings. The van der Waals surface area contributed by atoms with Crippen molar-refractivity contribution in [1.29, 1.82) is 0 Å². The van der Waals surface area contributed by atoms with Crippen LogP contribution in [0, 0.1) is 19.8 Å². The molecule has 3 aromatic carbocycles. The van der Waals surface area contributed by atoms with Gasteiger partial charge >= 0.3 is 0 Å². The number of nitrogens with zero attached hydrogens (tertiary/aromatic N) is 1. The van der Waals surface area contributed by atoms with Crippen LogP contribution in [0.15, 0.2) is 60.7 Å². The van der Waals surface area contributed by atoms with Gasteiger partial charge in [-0.2, -0.15) is 0 Å². The van der Waals surface area contributed by atoms with E-state index in [9.17, 15) is 4.79 Å². The summed E-state index contributed by atoms with van der Waals surface area (Å²) in [6.07, 6.45) is 0. The molecule has 5 rings (SSSR count). The molecule has 37 heavy (non-hydrogen) atoms. The predicted molar refractivity (Wildman–Crippen MR) is 149 cm³/mol. The van der Waals surface area contributed by atoms with Crippen LogP contribution in [0.3, 0.4) is 0 Å². The number of hydrogen-bond donors (Lipinski definition) is 2. The highest BCUT2D eigenvalue weighted by Crippen LogP contribution is 2.53. The Balaban J connectivity index is 1.67. The van der Waals surface area contributed by atoms with Crippen molar-refractivity contribution in [2.75, 3.05) is 23.9 Å². The van der Waals surface area contributed by atoms with Crippen molar-refractivity contribution in [1.82, 2.24) is 5.32 Å². The highest BCUT2D eigenvalue weighted by molar-refractivity contribution is 7.80. The van der Waals surface area contributed by atoms with E-state index in [-0.39, 0.29) is 5.91 Å². The second-order valence-electron chi connectivity index (χ2n) is 9.48. The number of fused-ring (bicyclic) bond motifs is 4. The Morgan fingerprint density at radius 3 is 2.62 bits per heavy atom. The third kappa shape index (κ3) is 4.15. The molecule has 0 aliphatic carbocycles. The Labute approximate surface area is 222 Å². The van der Waals surface area contributed by atoms with Crippen molar-refractivity contribution in [2.45, 2.75) is 39.5 Å². The molecule has 1 saturated heterocycles. The number of para-hydroxylation sites is 3. The largest absolute Gasteiger partial charge is 0.495 e. The van der Waals surface area contributed by atoms with Crippen molar-refractivity contribution >= 4 is 34.6 Å². The Bertz CT molecular complexity index is 1380. The molecule has 0 radical (unpaired) electrons. The van der Waals surface area contributed by atoms with Gasteiger partial charge in [0, 0.05) is 11.3 Å². The Hall–Kier alpha value is -3.78. The lowest BCUT2D eigenvalue weighted by Gasteiger charge is -2.56. The standard InChI is InChI=1S/C29H31N3O4S/c1-6-35-23-13-9-10-19-25-24(27(33)30-20-15-14-17(2)16-18(20)3)29(4,36-26(19)23)32(28(37)31-25)21-11-7-8-12-22(21)34-5/h7-16,24-25H,6H2,1-5H3,(H,30,33)(H,31,37)/t24-,25-,29+/m1/s1. The summed E-state index contributed by atoms with van der Waals surface area (Å²) in [5, 5.41) is 7.04. The number of hydrogen-bond acceptors (Lipinski definition) is 5. The second-order valence-corrected chi connectivity index (χ2v) is 9.87. The van der Waals surface area contributed by atoms with Gasteiger partial charge in [0.05, 0.1) is 25.4 Å². The first kappa shape index (κ1) is 24.9. The lowest BCUT2D eigenvalue weighted by molar-refractivity contribution is -0.130. The molecule has 3 atom stereocenters. The Morgan fingerprint density at radius 1 is 1.14 bits per heavy atom. The first-order chi connectivity index (χ1) is 17.8. The van der Waals surface area contributed by atoms with Crippen molar-refractivity contribution in [3.05, 3.63) is 77.4 Å². The molecular formula is C29H31N3O4S. The van der Waals surface area contributed by atoms with E-state index >= 15 is 0 Å². The zero-order chi connectivity index (χ0) is 26.3. The van der Waals surface area contributed by atoms with Crippen LogP contribution < -0.4 is 29.7 Å². The molecule has 2 N–H and O–H groups in total. The van der Waals surface area contributed by atoms with Gasteiger partial charge in [-0.25, -0.2) is 0 Å². The summed E-state index contributed by atoms with van der Waals surface area (Å²) < 4.78 is 18.4. The maximum absolute atomic E-state index is 14.1. The Morgan fingerprint density at radius 2 is 1.89 bits per heavy atom. The van der Waals surface area contributed by atoms with E-state index in [0.717, 1.165) is 22.4 Å². The van der Waals surface area contributed by atoms with Gasteiger partial charge < -0.3 is 24.8 Å². The molecule has 3 aromatic rings. The maximum Gasteiger partial charge on any atom is 0.236 e. The quantitative estimate of drug-likeness (QED) is 0.418. The summed E-state index contributed by atoms with van der Waals surface area (Å²) in [6, 6.07) is 18.8. The fraction of sp³-hybridized carbons (Fsp3) is 0.310. The molecule has 2 aliphatic rings.